The molecule has 7 heteroatoms. The number of halogens is 1. The number of aromatic nitrogens is 3. The summed E-state index contributed by atoms with van der Waals surface area (Å²) >= 11 is 0. The number of nitrogens with zero attached hydrogens (tertiary/aromatic N) is 3. The van der Waals surface area contributed by atoms with E-state index in [1.165, 1.54) is 18.3 Å². The summed E-state index contributed by atoms with van der Waals surface area (Å²) in [5, 5.41) is 7.29. The molecule has 2 aromatic heterocycles. The zero-order chi connectivity index (χ0) is 17.9. The van der Waals surface area contributed by atoms with Crippen LogP contribution in [-0.2, 0) is 4.74 Å². The molecule has 0 aliphatic carbocycles. The zero-order valence-corrected chi connectivity index (χ0v) is 14.2. The Labute approximate surface area is 150 Å². The van der Waals surface area contributed by atoms with E-state index in [1.54, 1.807) is 28.9 Å². The quantitative estimate of drug-likeness (QED) is 0.782. The highest BCUT2D eigenvalue weighted by molar-refractivity contribution is 5.99. The van der Waals surface area contributed by atoms with Crippen molar-refractivity contribution in [2.75, 3.05) is 19.8 Å². The molecule has 0 unspecified atom stereocenters. The Bertz CT molecular complexity index is 917. The Morgan fingerprint density at radius 1 is 1.23 bits per heavy atom. The molecule has 3 heterocycles. The predicted octanol–water partition coefficient (Wildman–Crippen LogP) is 2.69. The third-order valence-corrected chi connectivity index (χ3v) is 4.68. The van der Waals surface area contributed by atoms with Crippen molar-refractivity contribution in [3.05, 3.63) is 54.1 Å². The second-order valence-electron chi connectivity index (χ2n) is 6.40. The van der Waals surface area contributed by atoms with Crippen molar-refractivity contribution < 1.29 is 13.9 Å². The van der Waals surface area contributed by atoms with Crippen LogP contribution < -0.4 is 5.32 Å². The van der Waals surface area contributed by atoms with Gasteiger partial charge in [-0.3, -0.25) is 4.79 Å². The standard InChI is InChI=1S/C19H19FN4O2/c20-15-3-1-14(2-4-15)17-5-8-21-18-16(12-23-24(17)18)19(25)22-11-13-6-9-26-10-7-13/h1-5,8,12-13H,6-7,9-11H2,(H,22,25). The van der Waals surface area contributed by atoms with Crippen LogP contribution >= 0.6 is 0 Å². The minimum atomic E-state index is -0.298. The maximum atomic E-state index is 13.2. The van der Waals surface area contributed by atoms with Crippen LogP contribution in [0.5, 0.6) is 0 Å². The van der Waals surface area contributed by atoms with Crippen LogP contribution in [0.1, 0.15) is 23.2 Å². The molecule has 4 rings (SSSR count). The SMILES string of the molecule is O=C(NCC1CCOCC1)c1cnn2c(-c3ccc(F)cc3)ccnc12. The highest BCUT2D eigenvalue weighted by Gasteiger charge is 2.19. The van der Waals surface area contributed by atoms with Gasteiger partial charge in [0.25, 0.3) is 5.91 Å². The Morgan fingerprint density at radius 3 is 2.77 bits per heavy atom. The first-order valence-electron chi connectivity index (χ1n) is 8.67. The van der Waals surface area contributed by atoms with E-state index in [-0.39, 0.29) is 11.7 Å². The van der Waals surface area contributed by atoms with Crippen LogP contribution in [0.2, 0.25) is 0 Å². The topological polar surface area (TPSA) is 68.5 Å². The van der Waals surface area contributed by atoms with Gasteiger partial charge in [0, 0.05) is 31.5 Å². The monoisotopic (exact) mass is 354 g/mol. The molecule has 1 aliphatic rings. The number of nitrogens with one attached hydrogen (secondary N) is 1. The summed E-state index contributed by atoms with van der Waals surface area (Å²) in [5.74, 6) is -0.0415. The lowest BCUT2D eigenvalue weighted by molar-refractivity contribution is 0.0643. The van der Waals surface area contributed by atoms with Crippen LogP contribution in [0.4, 0.5) is 4.39 Å². The average molecular weight is 354 g/mol. The lowest BCUT2D eigenvalue weighted by Gasteiger charge is -2.21. The van der Waals surface area contributed by atoms with Crippen molar-refractivity contribution in [2.24, 2.45) is 5.92 Å². The summed E-state index contributed by atoms with van der Waals surface area (Å²) in [6.45, 7) is 2.12. The van der Waals surface area contributed by atoms with Crippen LogP contribution in [-0.4, -0.2) is 40.3 Å². The second-order valence-corrected chi connectivity index (χ2v) is 6.40. The van der Waals surface area contributed by atoms with Gasteiger partial charge in [-0.25, -0.2) is 13.9 Å². The lowest BCUT2D eigenvalue weighted by Crippen LogP contribution is -2.32. The third-order valence-electron chi connectivity index (χ3n) is 4.68. The molecule has 0 saturated carbocycles. The normalized spacial score (nSPS) is 15.3. The van der Waals surface area contributed by atoms with Gasteiger partial charge in [-0.05, 0) is 49.1 Å². The average Bonchev–Trinajstić information content (AvgIpc) is 3.12. The highest BCUT2D eigenvalue weighted by atomic mass is 19.1. The molecule has 1 fully saturated rings. The van der Waals surface area contributed by atoms with E-state index in [0.717, 1.165) is 37.3 Å². The van der Waals surface area contributed by atoms with E-state index >= 15 is 0 Å². The van der Waals surface area contributed by atoms with Gasteiger partial charge in [0.05, 0.1) is 11.9 Å². The van der Waals surface area contributed by atoms with Crippen LogP contribution in [0, 0.1) is 11.7 Å². The van der Waals surface area contributed by atoms with Gasteiger partial charge >= 0.3 is 0 Å². The first-order chi connectivity index (χ1) is 12.7. The van der Waals surface area contributed by atoms with Crippen molar-refractivity contribution >= 4 is 11.6 Å². The minimum absolute atomic E-state index is 0.185. The molecule has 3 aromatic rings. The van der Waals surface area contributed by atoms with Gasteiger partial charge in [-0.15, -0.1) is 0 Å². The zero-order valence-electron chi connectivity index (χ0n) is 14.2. The van der Waals surface area contributed by atoms with Crippen molar-refractivity contribution in [1.82, 2.24) is 19.9 Å². The number of rotatable bonds is 4. The number of hydrogen-bond donors (Lipinski definition) is 1. The Kier molecular flexibility index (Phi) is 4.62. The van der Waals surface area contributed by atoms with Crippen LogP contribution in [0.3, 0.4) is 0 Å². The number of carbonyl (C=O) groups is 1. The lowest BCUT2D eigenvalue weighted by atomic mass is 10.0. The fourth-order valence-corrected chi connectivity index (χ4v) is 3.17. The summed E-state index contributed by atoms with van der Waals surface area (Å²) in [6.07, 6.45) is 5.07. The van der Waals surface area contributed by atoms with Gasteiger partial charge in [0.2, 0.25) is 0 Å². The molecule has 6 nitrogen and oxygen atoms in total. The van der Waals surface area contributed by atoms with E-state index in [1.807, 2.05) is 0 Å². The van der Waals surface area contributed by atoms with Crippen LogP contribution in [0.15, 0.2) is 42.7 Å². The molecule has 0 atom stereocenters. The number of benzene rings is 1. The maximum Gasteiger partial charge on any atom is 0.256 e. The molecular formula is C19H19FN4O2. The van der Waals surface area contributed by atoms with Crippen molar-refractivity contribution in [3.63, 3.8) is 0 Å². The number of fused-ring (bicyclic) bond motifs is 1. The van der Waals surface area contributed by atoms with Crippen molar-refractivity contribution in [2.45, 2.75) is 12.8 Å². The summed E-state index contributed by atoms with van der Waals surface area (Å²) < 4.78 is 20.1. The molecule has 0 spiro atoms. The molecule has 26 heavy (non-hydrogen) atoms. The molecular weight excluding hydrogens is 335 g/mol. The summed E-state index contributed by atoms with van der Waals surface area (Å²) in [6, 6.07) is 7.93. The Morgan fingerprint density at radius 2 is 2.00 bits per heavy atom. The molecule has 134 valence electrons. The largest absolute Gasteiger partial charge is 0.381 e. The van der Waals surface area contributed by atoms with E-state index < -0.39 is 0 Å². The van der Waals surface area contributed by atoms with Crippen LogP contribution in [0.25, 0.3) is 16.9 Å². The van der Waals surface area contributed by atoms with Gasteiger partial charge < -0.3 is 10.1 Å². The molecule has 1 N–H and O–H groups in total. The predicted molar refractivity (Wildman–Crippen MR) is 94.3 cm³/mol. The minimum Gasteiger partial charge on any atom is -0.381 e. The molecule has 1 aromatic carbocycles. The van der Waals surface area contributed by atoms with Gasteiger partial charge in [-0.1, -0.05) is 0 Å². The summed E-state index contributed by atoms with van der Waals surface area (Å²) in [5.41, 5.74) is 2.46. The number of carbonyl (C=O) groups excluding carboxylic acids is 1. The first-order valence-corrected chi connectivity index (χ1v) is 8.67. The van der Waals surface area contributed by atoms with E-state index in [0.29, 0.717) is 23.7 Å². The number of ether oxygens (including phenoxy) is 1. The summed E-state index contributed by atoms with van der Waals surface area (Å²) in [7, 11) is 0. The van der Waals surface area contributed by atoms with Crippen molar-refractivity contribution in [3.8, 4) is 11.3 Å². The maximum absolute atomic E-state index is 13.2. The fourth-order valence-electron chi connectivity index (χ4n) is 3.17. The summed E-state index contributed by atoms with van der Waals surface area (Å²) in [4.78, 5) is 16.9. The Balaban J connectivity index is 1.57. The highest BCUT2D eigenvalue weighted by Crippen LogP contribution is 2.21. The van der Waals surface area contributed by atoms with E-state index in [4.69, 9.17) is 4.74 Å². The number of hydrogen-bond acceptors (Lipinski definition) is 4. The smallest absolute Gasteiger partial charge is 0.256 e. The van der Waals surface area contributed by atoms with Gasteiger partial charge in [0.1, 0.15) is 11.4 Å². The second kappa shape index (κ2) is 7.21. The fraction of sp³-hybridized carbons (Fsp3) is 0.316. The third kappa shape index (κ3) is 3.30. The molecule has 1 amide bonds. The first kappa shape index (κ1) is 16.7. The van der Waals surface area contributed by atoms with Gasteiger partial charge in [0.15, 0.2) is 5.65 Å². The number of amides is 1. The van der Waals surface area contributed by atoms with E-state index in [9.17, 15) is 9.18 Å². The van der Waals surface area contributed by atoms with Gasteiger partial charge in [-0.2, -0.15) is 5.10 Å². The Hall–Kier alpha value is -2.80. The molecule has 0 bridgehead atoms. The van der Waals surface area contributed by atoms with Crippen molar-refractivity contribution in [1.29, 1.82) is 0 Å². The molecule has 1 aliphatic heterocycles. The molecule has 0 radical (unpaired) electrons. The van der Waals surface area contributed by atoms with E-state index in [2.05, 4.69) is 15.4 Å². The molecule has 1 saturated heterocycles.